The average molecular weight is 337 g/mol. The van der Waals surface area contributed by atoms with Gasteiger partial charge in [0.1, 0.15) is 4.90 Å². The summed E-state index contributed by atoms with van der Waals surface area (Å²) in [5.74, 6) is -1.05. The van der Waals surface area contributed by atoms with E-state index in [2.05, 4.69) is 9.82 Å². The number of nitrogens with zero attached hydrogens (tertiary/aromatic N) is 2. The standard InChI is InChI=1S/C15H19N3O4S/c1-5-18-11(4)14(10(3)16-18)23(21,22)17-12-6-7-13(15(19)20)9(2)8-12/h6-8,17H,5H2,1-4H3,(H,19,20). The van der Waals surface area contributed by atoms with Crippen molar-refractivity contribution in [3.8, 4) is 0 Å². The Morgan fingerprint density at radius 3 is 2.43 bits per heavy atom. The van der Waals surface area contributed by atoms with Crippen molar-refractivity contribution in [2.24, 2.45) is 0 Å². The highest BCUT2D eigenvalue weighted by molar-refractivity contribution is 7.92. The van der Waals surface area contributed by atoms with Gasteiger partial charge in [-0.1, -0.05) is 0 Å². The van der Waals surface area contributed by atoms with Crippen LogP contribution in [0.25, 0.3) is 0 Å². The smallest absolute Gasteiger partial charge is 0.335 e. The summed E-state index contributed by atoms with van der Waals surface area (Å²) in [7, 11) is -3.79. The molecule has 2 rings (SSSR count). The minimum absolute atomic E-state index is 0.138. The van der Waals surface area contributed by atoms with Gasteiger partial charge in [-0.3, -0.25) is 9.40 Å². The molecule has 1 heterocycles. The van der Waals surface area contributed by atoms with Gasteiger partial charge in [-0.2, -0.15) is 5.10 Å². The largest absolute Gasteiger partial charge is 0.478 e. The molecule has 0 unspecified atom stereocenters. The van der Waals surface area contributed by atoms with Crippen molar-refractivity contribution >= 4 is 21.7 Å². The summed E-state index contributed by atoms with van der Waals surface area (Å²) in [6.45, 7) is 7.43. The summed E-state index contributed by atoms with van der Waals surface area (Å²) in [5.41, 5.74) is 1.93. The second-order valence-electron chi connectivity index (χ2n) is 5.26. The van der Waals surface area contributed by atoms with Crippen LogP contribution in [-0.4, -0.2) is 29.3 Å². The molecule has 0 saturated heterocycles. The van der Waals surface area contributed by atoms with Crippen LogP contribution in [0.5, 0.6) is 0 Å². The van der Waals surface area contributed by atoms with Crippen LogP contribution < -0.4 is 4.72 Å². The van der Waals surface area contributed by atoms with Crippen molar-refractivity contribution in [3.05, 3.63) is 40.7 Å². The maximum absolute atomic E-state index is 12.6. The van der Waals surface area contributed by atoms with Gasteiger partial charge < -0.3 is 5.11 Å². The van der Waals surface area contributed by atoms with E-state index < -0.39 is 16.0 Å². The van der Waals surface area contributed by atoms with Gasteiger partial charge in [0.15, 0.2) is 0 Å². The molecule has 0 fully saturated rings. The van der Waals surface area contributed by atoms with Gasteiger partial charge in [0.25, 0.3) is 10.0 Å². The van der Waals surface area contributed by atoms with Crippen LogP contribution >= 0.6 is 0 Å². The van der Waals surface area contributed by atoms with E-state index in [4.69, 9.17) is 5.11 Å². The van der Waals surface area contributed by atoms with E-state index in [1.54, 1.807) is 25.5 Å². The van der Waals surface area contributed by atoms with Gasteiger partial charge in [0, 0.05) is 12.2 Å². The van der Waals surface area contributed by atoms with E-state index in [0.717, 1.165) is 0 Å². The lowest BCUT2D eigenvalue weighted by Crippen LogP contribution is -2.15. The molecule has 2 N–H and O–H groups in total. The summed E-state index contributed by atoms with van der Waals surface area (Å²) >= 11 is 0. The fraction of sp³-hybridized carbons (Fsp3) is 0.333. The minimum Gasteiger partial charge on any atom is -0.478 e. The molecule has 0 amide bonds. The van der Waals surface area contributed by atoms with Crippen LogP contribution in [0.1, 0.15) is 34.2 Å². The van der Waals surface area contributed by atoms with E-state index in [1.807, 2.05) is 6.92 Å². The van der Waals surface area contributed by atoms with Gasteiger partial charge in [0.05, 0.1) is 17.0 Å². The third-order valence-corrected chi connectivity index (χ3v) is 5.23. The van der Waals surface area contributed by atoms with Gasteiger partial charge in [0.2, 0.25) is 0 Å². The van der Waals surface area contributed by atoms with Crippen molar-refractivity contribution in [1.82, 2.24) is 9.78 Å². The van der Waals surface area contributed by atoms with Crippen molar-refractivity contribution in [3.63, 3.8) is 0 Å². The quantitative estimate of drug-likeness (QED) is 0.872. The molecule has 124 valence electrons. The third kappa shape index (κ3) is 3.21. The summed E-state index contributed by atoms with van der Waals surface area (Å²) in [6, 6.07) is 4.31. The number of hydrogen-bond donors (Lipinski definition) is 2. The topological polar surface area (TPSA) is 101 Å². The molecule has 2 aromatic rings. The number of benzene rings is 1. The molecule has 0 aliphatic rings. The van der Waals surface area contributed by atoms with Crippen LogP contribution in [0, 0.1) is 20.8 Å². The van der Waals surface area contributed by atoms with Gasteiger partial charge in [-0.15, -0.1) is 0 Å². The van der Waals surface area contributed by atoms with Gasteiger partial charge in [-0.05, 0) is 51.5 Å². The van der Waals surface area contributed by atoms with Gasteiger partial charge >= 0.3 is 5.97 Å². The molecule has 1 aromatic carbocycles. The first-order valence-electron chi connectivity index (χ1n) is 7.08. The molecule has 7 nitrogen and oxygen atoms in total. The number of hydrogen-bond acceptors (Lipinski definition) is 4. The number of aromatic nitrogens is 2. The zero-order valence-electron chi connectivity index (χ0n) is 13.4. The Hall–Kier alpha value is -2.35. The van der Waals surface area contributed by atoms with Crippen molar-refractivity contribution < 1.29 is 18.3 Å². The summed E-state index contributed by atoms with van der Waals surface area (Å²) in [4.78, 5) is 11.2. The zero-order valence-corrected chi connectivity index (χ0v) is 14.2. The van der Waals surface area contributed by atoms with Gasteiger partial charge in [-0.25, -0.2) is 13.2 Å². The SMILES string of the molecule is CCn1nc(C)c(S(=O)(=O)Nc2ccc(C(=O)O)c(C)c2)c1C. The number of carboxylic acids is 1. The molecule has 0 aliphatic carbocycles. The van der Waals surface area contributed by atoms with Crippen molar-refractivity contribution in [2.45, 2.75) is 39.1 Å². The van der Waals surface area contributed by atoms with Crippen LogP contribution in [-0.2, 0) is 16.6 Å². The van der Waals surface area contributed by atoms with E-state index in [1.165, 1.54) is 18.2 Å². The first kappa shape index (κ1) is 17.0. The molecule has 1 aromatic heterocycles. The highest BCUT2D eigenvalue weighted by atomic mass is 32.2. The van der Waals surface area contributed by atoms with E-state index in [0.29, 0.717) is 29.2 Å². The molecular formula is C15H19N3O4S. The first-order valence-corrected chi connectivity index (χ1v) is 8.56. The maximum Gasteiger partial charge on any atom is 0.335 e. The van der Waals surface area contributed by atoms with Crippen LogP contribution in [0.4, 0.5) is 5.69 Å². The number of aryl methyl sites for hydroxylation is 3. The Morgan fingerprint density at radius 2 is 1.96 bits per heavy atom. The van der Waals surface area contributed by atoms with Crippen LogP contribution in [0.3, 0.4) is 0 Å². The van der Waals surface area contributed by atoms with Crippen molar-refractivity contribution in [1.29, 1.82) is 0 Å². The Balaban J connectivity index is 2.41. The Morgan fingerprint density at radius 1 is 1.30 bits per heavy atom. The third-order valence-electron chi connectivity index (χ3n) is 3.59. The predicted octanol–water partition coefficient (Wildman–Crippen LogP) is 2.33. The highest BCUT2D eigenvalue weighted by Gasteiger charge is 2.24. The van der Waals surface area contributed by atoms with E-state index >= 15 is 0 Å². The predicted molar refractivity (Wildman–Crippen MR) is 86.3 cm³/mol. The maximum atomic E-state index is 12.6. The number of anilines is 1. The second kappa shape index (κ2) is 6.04. The molecule has 8 heteroatoms. The number of carboxylic acid groups (broad SMARTS) is 1. The average Bonchev–Trinajstić information content (AvgIpc) is 2.72. The fourth-order valence-electron chi connectivity index (χ4n) is 2.55. The normalized spacial score (nSPS) is 11.5. The Bertz CT molecular complexity index is 869. The number of sulfonamides is 1. The second-order valence-corrected chi connectivity index (χ2v) is 6.88. The lowest BCUT2D eigenvalue weighted by atomic mass is 10.1. The number of rotatable bonds is 5. The number of aromatic carboxylic acids is 1. The number of carbonyl (C=O) groups is 1. The monoisotopic (exact) mass is 337 g/mol. The van der Waals surface area contributed by atoms with E-state index in [9.17, 15) is 13.2 Å². The Labute approximate surface area is 135 Å². The molecule has 0 spiro atoms. The van der Waals surface area contributed by atoms with Crippen LogP contribution in [0.2, 0.25) is 0 Å². The van der Waals surface area contributed by atoms with E-state index in [-0.39, 0.29) is 10.5 Å². The molecule has 0 atom stereocenters. The molecule has 23 heavy (non-hydrogen) atoms. The first-order chi connectivity index (χ1) is 10.7. The lowest BCUT2D eigenvalue weighted by molar-refractivity contribution is 0.0696. The minimum atomic E-state index is -3.79. The summed E-state index contributed by atoms with van der Waals surface area (Å²) in [6.07, 6.45) is 0. The summed E-state index contributed by atoms with van der Waals surface area (Å²) in [5, 5.41) is 13.2. The fourth-order valence-corrected chi connectivity index (χ4v) is 4.01. The number of nitrogens with one attached hydrogen (secondary N) is 1. The Kier molecular flexibility index (Phi) is 4.46. The molecule has 0 aliphatic heterocycles. The van der Waals surface area contributed by atoms with Crippen LogP contribution in [0.15, 0.2) is 23.1 Å². The summed E-state index contributed by atoms with van der Waals surface area (Å²) < 4.78 is 29.4. The molecule has 0 saturated carbocycles. The highest BCUT2D eigenvalue weighted by Crippen LogP contribution is 2.24. The molecule has 0 radical (unpaired) electrons. The van der Waals surface area contributed by atoms with Crippen molar-refractivity contribution in [2.75, 3.05) is 4.72 Å². The molecule has 0 bridgehead atoms. The molecular weight excluding hydrogens is 318 g/mol. The zero-order chi connectivity index (χ0) is 17.4. The lowest BCUT2D eigenvalue weighted by Gasteiger charge is -2.10.